The molecule has 1 aliphatic heterocycles. The van der Waals surface area contributed by atoms with Crippen molar-refractivity contribution in [1.29, 1.82) is 0 Å². The molecule has 1 aliphatic carbocycles. The summed E-state index contributed by atoms with van der Waals surface area (Å²) in [5.74, 6) is -0.599. The third-order valence-corrected chi connectivity index (χ3v) is 7.63. The number of likely N-dealkylation sites (tertiary alicyclic amines) is 1. The molecule has 2 fully saturated rings. The van der Waals surface area contributed by atoms with Gasteiger partial charge in [-0.3, -0.25) is 14.4 Å². The summed E-state index contributed by atoms with van der Waals surface area (Å²) in [6.07, 6.45) is 2.64. The van der Waals surface area contributed by atoms with Gasteiger partial charge in [0.15, 0.2) is 0 Å². The molecule has 1 aromatic carbocycles. The van der Waals surface area contributed by atoms with E-state index in [4.69, 9.17) is 16.3 Å². The lowest BCUT2D eigenvalue weighted by atomic mass is 9.70. The Morgan fingerprint density at radius 3 is 2.30 bits per heavy atom. The zero-order chi connectivity index (χ0) is 24.3. The van der Waals surface area contributed by atoms with E-state index in [2.05, 4.69) is 31.3 Å². The van der Waals surface area contributed by atoms with E-state index in [1.807, 2.05) is 30.9 Å². The molecule has 1 N–H and O–H groups in total. The number of ether oxygens (including phenoxy) is 1. The second-order valence-corrected chi connectivity index (χ2v) is 11.0. The topological polar surface area (TPSA) is 75.7 Å². The van der Waals surface area contributed by atoms with Crippen LogP contribution in [0.4, 0.5) is 0 Å². The van der Waals surface area contributed by atoms with Crippen LogP contribution in [0.2, 0.25) is 5.02 Å². The SMILES string of the molecule is COC(=O)C1CCC(C(=O)N[C@@H](C(=O)N2CCC(c3ccc(Cl)cc3)C(C)(C)C2)C(C)C)C1. The van der Waals surface area contributed by atoms with Crippen LogP contribution in [0.1, 0.15) is 64.9 Å². The Hall–Kier alpha value is -2.08. The Bertz CT molecular complexity index is 868. The number of carbonyl (C=O) groups excluding carboxylic acids is 3. The second kappa shape index (κ2) is 10.5. The summed E-state index contributed by atoms with van der Waals surface area (Å²) in [4.78, 5) is 40.2. The van der Waals surface area contributed by atoms with E-state index in [1.165, 1.54) is 12.7 Å². The van der Waals surface area contributed by atoms with Crippen molar-refractivity contribution in [1.82, 2.24) is 10.2 Å². The minimum Gasteiger partial charge on any atom is -0.469 e. The van der Waals surface area contributed by atoms with Gasteiger partial charge < -0.3 is 15.0 Å². The lowest BCUT2D eigenvalue weighted by Gasteiger charge is -2.46. The lowest BCUT2D eigenvalue weighted by Crippen LogP contribution is -2.56. The van der Waals surface area contributed by atoms with E-state index in [-0.39, 0.29) is 41.0 Å². The van der Waals surface area contributed by atoms with E-state index < -0.39 is 6.04 Å². The third kappa shape index (κ3) is 5.89. The molecular formula is C26H37ClN2O4. The van der Waals surface area contributed by atoms with Crippen LogP contribution in [-0.2, 0) is 19.1 Å². The minimum absolute atomic E-state index is 0.0245. The molecule has 4 atom stereocenters. The van der Waals surface area contributed by atoms with Gasteiger partial charge in [0.1, 0.15) is 6.04 Å². The first-order chi connectivity index (χ1) is 15.5. The molecule has 182 valence electrons. The number of hydrogen-bond donors (Lipinski definition) is 1. The molecule has 3 rings (SSSR count). The van der Waals surface area contributed by atoms with E-state index in [0.717, 1.165) is 11.4 Å². The maximum absolute atomic E-state index is 13.5. The number of benzene rings is 1. The van der Waals surface area contributed by atoms with Crippen LogP contribution in [0, 0.1) is 23.2 Å². The Morgan fingerprint density at radius 2 is 1.73 bits per heavy atom. The highest BCUT2D eigenvalue weighted by Gasteiger charge is 2.41. The molecule has 0 bridgehead atoms. The number of nitrogens with zero attached hydrogens (tertiary/aromatic N) is 1. The predicted molar refractivity (Wildman–Crippen MR) is 129 cm³/mol. The zero-order valence-corrected chi connectivity index (χ0v) is 21.2. The molecular weight excluding hydrogens is 440 g/mol. The van der Waals surface area contributed by atoms with Crippen LogP contribution < -0.4 is 5.32 Å². The van der Waals surface area contributed by atoms with Gasteiger partial charge in [0, 0.05) is 24.0 Å². The maximum atomic E-state index is 13.5. The molecule has 7 heteroatoms. The van der Waals surface area contributed by atoms with E-state index in [9.17, 15) is 14.4 Å². The monoisotopic (exact) mass is 476 g/mol. The van der Waals surface area contributed by atoms with Crippen molar-refractivity contribution in [3.05, 3.63) is 34.9 Å². The molecule has 1 saturated heterocycles. The average molecular weight is 477 g/mol. The summed E-state index contributed by atoms with van der Waals surface area (Å²) in [5, 5.41) is 3.73. The molecule has 3 unspecified atom stereocenters. The first kappa shape index (κ1) is 25.5. The molecule has 33 heavy (non-hydrogen) atoms. The number of amides is 2. The van der Waals surface area contributed by atoms with Crippen molar-refractivity contribution >= 4 is 29.4 Å². The van der Waals surface area contributed by atoms with Crippen molar-refractivity contribution in [3.63, 3.8) is 0 Å². The van der Waals surface area contributed by atoms with E-state index in [0.29, 0.717) is 38.3 Å². The maximum Gasteiger partial charge on any atom is 0.308 e. The first-order valence-corrected chi connectivity index (χ1v) is 12.3. The van der Waals surface area contributed by atoms with Crippen molar-refractivity contribution in [2.24, 2.45) is 23.2 Å². The van der Waals surface area contributed by atoms with Gasteiger partial charge in [-0.2, -0.15) is 0 Å². The number of methoxy groups -OCH3 is 1. The van der Waals surface area contributed by atoms with Crippen LogP contribution in [0.5, 0.6) is 0 Å². The number of halogens is 1. The van der Waals surface area contributed by atoms with Gasteiger partial charge in [-0.1, -0.05) is 51.4 Å². The molecule has 0 spiro atoms. The first-order valence-electron chi connectivity index (χ1n) is 12.0. The van der Waals surface area contributed by atoms with Gasteiger partial charge in [-0.15, -0.1) is 0 Å². The van der Waals surface area contributed by atoms with Crippen molar-refractivity contribution in [2.75, 3.05) is 20.2 Å². The fourth-order valence-electron chi connectivity index (χ4n) is 5.44. The Labute approximate surface area is 202 Å². The minimum atomic E-state index is -0.572. The highest BCUT2D eigenvalue weighted by molar-refractivity contribution is 6.30. The Balaban J connectivity index is 1.65. The summed E-state index contributed by atoms with van der Waals surface area (Å²) < 4.78 is 4.83. The molecule has 2 amide bonds. The quantitative estimate of drug-likeness (QED) is 0.617. The van der Waals surface area contributed by atoms with Gasteiger partial charge in [0.25, 0.3) is 0 Å². The van der Waals surface area contributed by atoms with Gasteiger partial charge in [0.2, 0.25) is 11.8 Å². The van der Waals surface area contributed by atoms with Crippen LogP contribution in [0.25, 0.3) is 0 Å². The fourth-order valence-corrected chi connectivity index (χ4v) is 5.57. The van der Waals surface area contributed by atoms with Gasteiger partial charge in [0.05, 0.1) is 13.0 Å². The standard InChI is InChI=1S/C26H37ClN2O4/c1-16(2)22(28-23(30)18-6-7-19(14-18)25(32)33-5)24(31)29-13-12-21(26(3,4)15-29)17-8-10-20(27)11-9-17/h8-11,16,18-19,21-22H,6-7,12-15H2,1-5H3,(H,28,30)/t18?,19?,21?,22-/m1/s1. The Kier molecular flexibility index (Phi) is 8.09. The zero-order valence-electron chi connectivity index (χ0n) is 20.4. The van der Waals surface area contributed by atoms with Gasteiger partial charge in [-0.05, 0) is 60.6 Å². The third-order valence-electron chi connectivity index (χ3n) is 7.38. The Morgan fingerprint density at radius 1 is 1.09 bits per heavy atom. The van der Waals surface area contributed by atoms with Crippen LogP contribution in [0.15, 0.2) is 24.3 Å². The molecule has 0 radical (unpaired) electrons. The summed E-state index contributed by atoms with van der Waals surface area (Å²) in [7, 11) is 1.38. The summed E-state index contributed by atoms with van der Waals surface area (Å²) in [6, 6.07) is 7.42. The molecule has 2 aliphatic rings. The highest BCUT2D eigenvalue weighted by Crippen LogP contribution is 2.42. The van der Waals surface area contributed by atoms with Crippen LogP contribution >= 0.6 is 11.6 Å². The summed E-state index contributed by atoms with van der Waals surface area (Å²) in [5.41, 5.74) is 1.14. The highest BCUT2D eigenvalue weighted by atomic mass is 35.5. The van der Waals surface area contributed by atoms with Crippen molar-refractivity contribution in [3.8, 4) is 0 Å². The molecule has 1 saturated carbocycles. The average Bonchev–Trinajstić information content (AvgIpc) is 3.27. The second-order valence-electron chi connectivity index (χ2n) is 10.6. The van der Waals surface area contributed by atoms with E-state index >= 15 is 0 Å². The number of carbonyl (C=O) groups is 3. The number of nitrogens with one attached hydrogen (secondary N) is 1. The molecule has 1 aromatic rings. The molecule has 1 heterocycles. The van der Waals surface area contributed by atoms with Crippen molar-refractivity contribution < 1.29 is 19.1 Å². The molecule has 6 nitrogen and oxygen atoms in total. The number of piperidine rings is 1. The van der Waals surface area contributed by atoms with Gasteiger partial charge in [-0.25, -0.2) is 0 Å². The predicted octanol–water partition coefficient (Wildman–Crippen LogP) is 4.41. The number of rotatable bonds is 6. The van der Waals surface area contributed by atoms with E-state index in [1.54, 1.807) is 0 Å². The van der Waals surface area contributed by atoms with Gasteiger partial charge >= 0.3 is 5.97 Å². The van der Waals surface area contributed by atoms with Crippen LogP contribution in [0.3, 0.4) is 0 Å². The normalized spacial score (nSPS) is 25.5. The number of hydrogen-bond acceptors (Lipinski definition) is 4. The largest absolute Gasteiger partial charge is 0.469 e. The lowest BCUT2D eigenvalue weighted by molar-refractivity contribution is -0.145. The number of esters is 1. The summed E-state index contributed by atoms with van der Waals surface area (Å²) in [6.45, 7) is 9.59. The smallest absolute Gasteiger partial charge is 0.308 e. The van der Waals surface area contributed by atoms with Crippen LogP contribution in [-0.4, -0.2) is 48.9 Å². The fraction of sp³-hybridized carbons (Fsp3) is 0.654. The molecule has 0 aromatic heterocycles. The van der Waals surface area contributed by atoms with Crippen molar-refractivity contribution in [2.45, 2.75) is 65.3 Å². The summed E-state index contributed by atoms with van der Waals surface area (Å²) >= 11 is 6.06.